The Morgan fingerprint density at radius 1 is 1.10 bits per heavy atom. The fourth-order valence-corrected chi connectivity index (χ4v) is 2.50. The molecule has 0 saturated heterocycles. The zero-order chi connectivity index (χ0) is 22.1. The molecule has 0 fully saturated rings. The Morgan fingerprint density at radius 3 is 2.40 bits per heavy atom. The van der Waals surface area contributed by atoms with Gasteiger partial charge in [-0.3, -0.25) is 0 Å². The second-order valence-corrected chi connectivity index (χ2v) is 6.47. The van der Waals surface area contributed by atoms with E-state index >= 15 is 0 Å². The van der Waals surface area contributed by atoms with Crippen LogP contribution in [0.25, 0.3) is 11.4 Å². The molecule has 3 aromatic rings. The average Bonchev–Trinajstić information content (AvgIpc) is 2.67. The summed E-state index contributed by atoms with van der Waals surface area (Å²) in [5, 5.41) is 13.0. The van der Waals surface area contributed by atoms with Gasteiger partial charge in [-0.25, -0.2) is 15.0 Å². The number of hydrogen-bond donors (Lipinski definition) is 3. The molecular weight excluding hydrogens is 403 g/mol. The largest absolute Gasteiger partial charge is 0.481 e. The maximum atomic E-state index is 13.3. The summed E-state index contributed by atoms with van der Waals surface area (Å²) in [6.07, 6.45) is -2.54. The highest BCUT2D eigenvalue weighted by Crippen LogP contribution is 2.40. The van der Waals surface area contributed by atoms with Crippen molar-refractivity contribution in [2.75, 3.05) is 18.2 Å². The Kier molecular flexibility index (Phi) is 5.44. The Bertz CT molecular complexity index is 1040. The van der Waals surface area contributed by atoms with E-state index in [-0.39, 0.29) is 29.0 Å². The van der Waals surface area contributed by atoms with Gasteiger partial charge in [0.05, 0.1) is 24.6 Å². The number of nitrogens with zero attached hydrogens (tertiary/aromatic N) is 5. The predicted octanol–water partition coefficient (Wildman–Crippen LogP) is 2.74. The van der Waals surface area contributed by atoms with Gasteiger partial charge in [-0.1, -0.05) is 0 Å². The summed E-state index contributed by atoms with van der Waals surface area (Å²) in [6.45, 7) is 2.20. The quantitative estimate of drug-likeness (QED) is 0.569. The molecule has 3 aromatic heterocycles. The van der Waals surface area contributed by atoms with Crippen LogP contribution < -0.4 is 15.8 Å². The number of nitrogen functional groups attached to an aromatic ring is 1. The lowest BCUT2D eigenvalue weighted by atomic mass is 9.95. The van der Waals surface area contributed by atoms with Crippen molar-refractivity contribution in [1.82, 2.24) is 24.9 Å². The van der Waals surface area contributed by atoms with Crippen molar-refractivity contribution in [1.29, 1.82) is 0 Å². The van der Waals surface area contributed by atoms with Crippen LogP contribution in [0.4, 0.5) is 30.6 Å². The number of nitrogens with two attached hydrogens (primary N) is 1. The zero-order valence-corrected chi connectivity index (χ0v) is 16.2. The summed E-state index contributed by atoms with van der Waals surface area (Å²) < 4.78 is 45.0. The van der Waals surface area contributed by atoms with Crippen LogP contribution in [-0.4, -0.2) is 43.3 Å². The molecule has 158 valence electrons. The first-order chi connectivity index (χ1) is 14.0. The SMILES string of the molecule is COc1ccc(Nc2ncc(C(C)(O)C(F)(F)F)cc2-c2nc(C)nc(N)n2)cn1. The van der Waals surface area contributed by atoms with Crippen molar-refractivity contribution >= 4 is 17.5 Å². The smallest absolute Gasteiger partial charge is 0.421 e. The molecule has 0 spiro atoms. The number of aliphatic hydroxyl groups is 1. The van der Waals surface area contributed by atoms with Gasteiger partial charge >= 0.3 is 6.18 Å². The molecule has 0 aliphatic heterocycles. The van der Waals surface area contributed by atoms with Crippen molar-refractivity contribution in [3.8, 4) is 17.3 Å². The number of nitrogens with one attached hydrogen (secondary N) is 1. The first kappa shape index (κ1) is 21.2. The number of aryl methyl sites for hydroxylation is 1. The van der Waals surface area contributed by atoms with Crippen LogP contribution in [0.3, 0.4) is 0 Å². The first-order valence-electron chi connectivity index (χ1n) is 8.56. The highest BCUT2D eigenvalue weighted by atomic mass is 19.4. The predicted molar refractivity (Wildman–Crippen MR) is 102 cm³/mol. The fourth-order valence-electron chi connectivity index (χ4n) is 2.50. The standard InChI is InChI=1S/C18H18F3N7O2/c1-9-25-15(28-16(22)26-9)12-6-10(17(2,29)18(19,20)21)7-24-14(12)27-11-4-5-13(30-3)23-8-11/h4-8,29H,1-3H3,(H,24,27)(H2,22,25,26,28). The van der Waals surface area contributed by atoms with Gasteiger partial charge in [-0.2, -0.15) is 23.1 Å². The molecule has 0 saturated carbocycles. The first-order valence-corrected chi connectivity index (χ1v) is 8.56. The van der Waals surface area contributed by atoms with Gasteiger partial charge in [0.25, 0.3) is 0 Å². The van der Waals surface area contributed by atoms with E-state index in [1.807, 2.05) is 0 Å². The Balaban J connectivity index is 2.13. The number of alkyl halides is 3. The van der Waals surface area contributed by atoms with Crippen LogP contribution >= 0.6 is 0 Å². The number of anilines is 3. The maximum Gasteiger partial charge on any atom is 0.421 e. The molecule has 3 heterocycles. The van der Waals surface area contributed by atoms with Gasteiger partial charge in [-0.15, -0.1) is 0 Å². The number of pyridine rings is 2. The minimum absolute atomic E-state index is 0.00343. The summed E-state index contributed by atoms with van der Waals surface area (Å²) in [5.41, 5.74) is 2.62. The lowest BCUT2D eigenvalue weighted by Crippen LogP contribution is -2.39. The molecule has 0 aliphatic rings. The average molecular weight is 421 g/mol. The monoisotopic (exact) mass is 421 g/mol. The topological polar surface area (TPSA) is 132 Å². The number of aromatic nitrogens is 5. The van der Waals surface area contributed by atoms with E-state index in [1.165, 1.54) is 13.3 Å². The minimum Gasteiger partial charge on any atom is -0.481 e. The molecule has 0 bridgehead atoms. The van der Waals surface area contributed by atoms with Gasteiger partial charge < -0.3 is 20.9 Å². The summed E-state index contributed by atoms with van der Waals surface area (Å²) >= 11 is 0. The Labute approximate surface area is 169 Å². The van der Waals surface area contributed by atoms with E-state index in [1.54, 1.807) is 19.1 Å². The Morgan fingerprint density at radius 2 is 1.83 bits per heavy atom. The van der Waals surface area contributed by atoms with E-state index in [2.05, 4.69) is 30.2 Å². The van der Waals surface area contributed by atoms with E-state index in [9.17, 15) is 18.3 Å². The van der Waals surface area contributed by atoms with Gasteiger partial charge in [0.15, 0.2) is 11.4 Å². The summed E-state index contributed by atoms with van der Waals surface area (Å²) in [7, 11) is 1.47. The number of methoxy groups -OCH3 is 1. The van der Waals surface area contributed by atoms with Crippen molar-refractivity contribution in [2.24, 2.45) is 0 Å². The molecule has 4 N–H and O–H groups in total. The van der Waals surface area contributed by atoms with Gasteiger partial charge in [-0.05, 0) is 26.0 Å². The molecule has 3 rings (SSSR count). The zero-order valence-electron chi connectivity index (χ0n) is 16.2. The van der Waals surface area contributed by atoms with Crippen molar-refractivity contribution in [3.05, 3.63) is 42.0 Å². The molecule has 0 aromatic carbocycles. The molecule has 0 radical (unpaired) electrons. The molecule has 0 amide bonds. The number of hydrogen-bond acceptors (Lipinski definition) is 9. The van der Waals surface area contributed by atoms with Gasteiger partial charge in [0, 0.05) is 17.8 Å². The van der Waals surface area contributed by atoms with Gasteiger partial charge in [0.1, 0.15) is 11.6 Å². The van der Waals surface area contributed by atoms with Crippen LogP contribution in [0.5, 0.6) is 5.88 Å². The summed E-state index contributed by atoms with van der Waals surface area (Å²) in [5.74, 6) is 0.668. The highest BCUT2D eigenvalue weighted by Gasteiger charge is 2.51. The lowest BCUT2D eigenvalue weighted by Gasteiger charge is -2.27. The second kappa shape index (κ2) is 7.71. The fraction of sp³-hybridized carbons (Fsp3) is 0.278. The molecule has 1 unspecified atom stereocenters. The van der Waals surface area contributed by atoms with Crippen LogP contribution in [0.1, 0.15) is 18.3 Å². The molecular formula is C18H18F3N7O2. The van der Waals surface area contributed by atoms with Crippen LogP contribution in [0.2, 0.25) is 0 Å². The maximum absolute atomic E-state index is 13.3. The summed E-state index contributed by atoms with van der Waals surface area (Å²) in [4.78, 5) is 20.1. The molecule has 0 aliphatic carbocycles. The summed E-state index contributed by atoms with van der Waals surface area (Å²) in [6, 6.07) is 4.34. The third-order valence-corrected chi connectivity index (χ3v) is 4.22. The van der Waals surface area contributed by atoms with Crippen LogP contribution in [-0.2, 0) is 5.60 Å². The number of ether oxygens (including phenoxy) is 1. The van der Waals surface area contributed by atoms with E-state index in [4.69, 9.17) is 10.5 Å². The number of rotatable bonds is 5. The molecule has 12 heteroatoms. The highest BCUT2D eigenvalue weighted by molar-refractivity contribution is 5.75. The number of halogens is 3. The normalized spacial score (nSPS) is 13.6. The van der Waals surface area contributed by atoms with E-state index in [0.29, 0.717) is 18.5 Å². The molecule has 30 heavy (non-hydrogen) atoms. The minimum atomic E-state index is -4.92. The third-order valence-electron chi connectivity index (χ3n) is 4.22. The third kappa shape index (κ3) is 4.22. The Hall–Kier alpha value is -3.54. The van der Waals surface area contributed by atoms with Gasteiger partial charge in [0.2, 0.25) is 11.8 Å². The van der Waals surface area contributed by atoms with Crippen molar-refractivity contribution in [2.45, 2.75) is 25.6 Å². The van der Waals surface area contributed by atoms with E-state index < -0.39 is 17.3 Å². The second-order valence-electron chi connectivity index (χ2n) is 6.47. The lowest BCUT2D eigenvalue weighted by molar-refractivity contribution is -0.258. The molecule has 9 nitrogen and oxygen atoms in total. The van der Waals surface area contributed by atoms with Crippen molar-refractivity contribution < 1.29 is 23.0 Å². The van der Waals surface area contributed by atoms with Crippen LogP contribution in [0, 0.1) is 6.92 Å². The van der Waals surface area contributed by atoms with E-state index in [0.717, 1.165) is 12.3 Å². The van der Waals surface area contributed by atoms with Crippen LogP contribution in [0.15, 0.2) is 30.6 Å². The molecule has 1 atom stereocenters. The van der Waals surface area contributed by atoms with Crippen molar-refractivity contribution in [3.63, 3.8) is 0 Å².